The minimum Gasteiger partial charge on any atom is -0.382 e. The maximum Gasteiger partial charge on any atom is 0.270 e. The van der Waals surface area contributed by atoms with E-state index in [2.05, 4.69) is 17.9 Å². The first-order valence-electron chi connectivity index (χ1n) is 12.7. The fourth-order valence-corrected chi connectivity index (χ4v) is 5.87. The molecule has 2 fully saturated rings. The maximum absolute atomic E-state index is 13.4. The highest BCUT2D eigenvalue weighted by atomic mass is 32.2. The first-order valence-corrected chi connectivity index (χ1v) is 13.9. The molecule has 1 amide bonds. The Hall–Kier alpha value is -2.15. The lowest BCUT2D eigenvalue weighted by Gasteiger charge is -2.29. The Morgan fingerprint density at radius 3 is 2.46 bits per heavy atom. The molecule has 190 valence electrons. The number of ether oxygens (including phenoxy) is 1. The summed E-state index contributed by atoms with van der Waals surface area (Å²) >= 11 is 6.81. The predicted molar refractivity (Wildman–Crippen MR) is 147 cm³/mol. The molecule has 2 aliphatic rings. The molecule has 2 aliphatic heterocycles. The van der Waals surface area contributed by atoms with Gasteiger partial charge in [0, 0.05) is 45.0 Å². The minimum absolute atomic E-state index is 0.123. The SMILES string of the molecule is CCCCn1c(N2CCCCCC2)c(C=C2SC(=S)N(CCCOCC)C2=O)c(C)c(C#N)c1=O. The van der Waals surface area contributed by atoms with Gasteiger partial charge in [0.2, 0.25) is 0 Å². The highest BCUT2D eigenvalue weighted by Gasteiger charge is 2.33. The van der Waals surface area contributed by atoms with Crippen molar-refractivity contribution < 1.29 is 9.53 Å². The number of hydrogen-bond acceptors (Lipinski definition) is 7. The van der Waals surface area contributed by atoms with Crippen molar-refractivity contribution in [2.45, 2.75) is 72.3 Å². The van der Waals surface area contributed by atoms with E-state index >= 15 is 0 Å². The Kier molecular flexibility index (Phi) is 10.4. The summed E-state index contributed by atoms with van der Waals surface area (Å²) in [7, 11) is 0. The van der Waals surface area contributed by atoms with Crippen molar-refractivity contribution in [3.05, 3.63) is 31.9 Å². The van der Waals surface area contributed by atoms with Gasteiger partial charge in [-0.2, -0.15) is 5.26 Å². The maximum atomic E-state index is 13.4. The zero-order valence-corrected chi connectivity index (χ0v) is 22.7. The van der Waals surface area contributed by atoms with Crippen LogP contribution in [0.3, 0.4) is 0 Å². The minimum atomic E-state index is -0.238. The zero-order chi connectivity index (χ0) is 25.4. The number of thiocarbonyl (C=S) groups is 1. The standard InChI is InChI=1S/C26H36N4O3S2/c1-4-6-14-29-23(28-12-9-7-8-10-13-28)20(19(3)21(18-27)24(29)31)17-22-25(32)30(26(34)35-22)15-11-16-33-5-2/h17H,4-16H2,1-3H3. The largest absolute Gasteiger partial charge is 0.382 e. The molecule has 0 unspecified atom stereocenters. The van der Waals surface area contributed by atoms with Crippen LogP contribution in [0.1, 0.15) is 75.5 Å². The van der Waals surface area contributed by atoms with E-state index in [0.717, 1.165) is 50.2 Å². The van der Waals surface area contributed by atoms with Crippen LogP contribution in [0, 0.1) is 18.3 Å². The summed E-state index contributed by atoms with van der Waals surface area (Å²) in [5, 5.41) is 9.85. The first kappa shape index (κ1) is 27.4. The third-order valence-corrected chi connectivity index (χ3v) is 7.89. The lowest BCUT2D eigenvalue weighted by atomic mass is 10.0. The number of nitrogens with zero attached hydrogens (tertiary/aromatic N) is 4. The van der Waals surface area contributed by atoms with Gasteiger partial charge in [0.1, 0.15) is 21.8 Å². The molecule has 3 rings (SSSR count). The van der Waals surface area contributed by atoms with E-state index in [-0.39, 0.29) is 17.0 Å². The van der Waals surface area contributed by atoms with Crippen molar-refractivity contribution in [1.29, 1.82) is 5.26 Å². The smallest absolute Gasteiger partial charge is 0.270 e. The van der Waals surface area contributed by atoms with Gasteiger partial charge in [-0.25, -0.2) is 0 Å². The molecule has 0 aromatic carbocycles. The van der Waals surface area contributed by atoms with E-state index in [9.17, 15) is 14.9 Å². The number of carbonyl (C=O) groups excluding carboxylic acids is 1. The number of amides is 1. The highest BCUT2D eigenvalue weighted by molar-refractivity contribution is 8.26. The third-order valence-electron chi connectivity index (χ3n) is 6.51. The van der Waals surface area contributed by atoms with Crippen molar-refractivity contribution in [2.75, 3.05) is 37.7 Å². The molecule has 1 aromatic heterocycles. The van der Waals surface area contributed by atoms with Crippen LogP contribution in [0.5, 0.6) is 0 Å². The molecule has 0 saturated carbocycles. The number of thioether (sulfide) groups is 1. The molecular weight excluding hydrogens is 480 g/mol. The van der Waals surface area contributed by atoms with Crippen molar-refractivity contribution in [1.82, 2.24) is 9.47 Å². The third kappa shape index (κ3) is 6.35. The number of rotatable bonds is 10. The van der Waals surface area contributed by atoms with E-state index in [1.54, 1.807) is 9.47 Å². The molecule has 0 bridgehead atoms. The van der Waals surface area contributed by atoms with Gasteiger partial charge in [0.15, 0.2) is 0 Å². The average molecular weight is 517 g/mol. The van der Waals surface area contributed by atoms with Gasteiger partial charge in [-0.1, -0.05) is 50.2 Å². The number of hydrogen-bond donors (Lipinski definition) is 0. The summed E-state index contributed by atoms with van der Waals surface area (Å²) < 4.78 is 7.71. The van der Waals surface area contributed by atoms with E-state index in [1.165, 1.54) is 24.6 Å². The van der Waals surface area contributed by atoms with Crippen LogP contribution in [-0.2, 0) is 16.1 Å². The first-order chi connectivity index (χ1) is 16.9. The molecule has 0 N–H and O–H groups in total. The molecule has 0 spiro atoms. The summed E-state index contributed by atoms with van der Waals surface area (Å²) in [6.45, 7) is 9.86. The molecule has 0 radical (unpaired) electrons. The van der Waals surface area contributed by atoms with E-state index in [1.807, 2.05) is 19.9 Å². The molecule has 35 heavy (non-hydrogen) atoms. The van der Waals surface area contributed by atoms with E-state index in [0.29, 0.717) is 47.5 Å². The fourth-order valence-electron chi connectivity index (χ4n) is 4.58. The van der Waals surface area contributed by atoms with E-state index < -0.39 is 0 Å². The molecular formula is C26H36N4O3S2. The van der Waals surface area contributed by atoms with Gasteiger partial charge in [-0.3, -0.25) is 19.1 Å². The average Bonchev–Trinajstić information content (AvgIpc) is 3.02. The van der Waals surface area contributed by atoms with Crippen LogP contribution in [0.25, 0.3) is 6.08 Å². The van der Waals surface area contributed by atoms with Crippen LogP contribution in [0.4, 0.5) is 5.82 Å². The number of anilines is 1. The summed E-state index contributed by atoms with van der Waals surface area (Å²) in [6, 6.07) is 2.13. The summed E-state index contributed by atoms with van der Waals surface area (Å²) in [6.07, 6.45) is 8.81. The molecule has 1 aromatic rings. The topological polar surface area (TPSA) is 78.6 Å². The lowest BCUT2D eigenvalue weighted by Crippen LogP contribution is -2.35. The Morgan fingerprint density at radius 2 is 1.83 bits per heavy atom. The lowest BCUT2D eigenvalue weighted by molar-refractivity contribution is -0.122. The normalized spacial score (nSPS) is 17.8. The van der Waals surface area contributed by atoms with Crippen LogP contribution < -0.4 is 10.5 Å². The Labute approximate surface area is 218 Å². The summed E-state index contributed by atoms with van der Waals surface area (Å²) in [5.41, 5.74) is 1.33. The second kappa shape index (κ2) is 13.2. The number of unbranched alkanes of at least 4 members (excludes halogenated alkanes) is 1. The van der Waals surface area contributed by atoms with Crippen molar-refractivity contribution in [2.24, 2.45) is 0 Å². The Balaban J connectivity index is 2.10. The quantitative estimate of drug-likeness (QED) is 0.250. The van der Waals surface area contributed by atoms with Gasteiger partial charge in [0.25, 0.3) is 11.5 Å². The van der Waals surface area contributed by atoms with Crippen LogP contribution in [0.2, 0.25) is 0 Å². The Morgan fingerprint density at radius 1 is 1.11 bits per heavy atom. The van der Waals surface area contributed by atoms with Crippen molar-refractivity contribution in [3.8, 4) is 6.07 Å². The van der Waals surface area contributed by atoms with Gasteiger partial charge in [-0.15, -0.1) is 0 Å². The highest BCUT2D eigenvalue weighted by Crippen LogP contribution is 2.36. The van der Waals surface area contributed by atoms with Gasteiger partial charge < -0.3 is 9.64 Å². The molecule has 0 aliphatic carbocycles. The molecule has 0 atom stereocenters. The van der Waals surface area contributed by atoms with Crippen LogP contribution in [-0.4, -0.2) is 52.5 Å². The summed E-state index contributed by atoms with van der Waals surface area (Å²) in [5.74, 6) is 0.714. The van der Waals surface area contributed by atoms with Crippen molar-refractivity contribution in [3.63, 3.8) is 0 Å². The number of carbonyl (C=O) groups is 1. The molecule has 2 saturated heterocycles. The van der Waals surface area contributed by atoms with E-state index in [4.69, 9.17) is 17.0 Å². The second-order valence-corrected chi connectivity index (χ2v) is 10.6. The molecule has 3 heterocycles. The van der Waals surface area contributed by atoms with Crippen molar-refractivity contribution >= 4 is 46.1 Å². The van der Waals surface area contributed by atoms with Gasteiger partial charge in [-0.05, 0) is 51.2 Å². The Bertz CT molecular complexity index is 1070. The number of pyridine rings is 1. The predicted octanol–water partition coefficient (Wildman–Crippen LogP) is 4.84. The fraction of sp³-hybridized carbons (Fsp3) is 0.615. The van der Waals surface area contributed by atoms with Gasteiger partial charge in [0.05, 0.1) is 4.91 Å². The van der Waals surface area contributed by atoms with Crippen LogP contribution in [0.15, 0.2) is 9.70 Å². The van der Waals surface area contributed by atoms with Gasteiger partial charge >= 0.3 is 0 Å². The monoisotopic (exact) mass is 516 g/mol. The molecule has 9 heteroatoms. The number of nitriles is 1. The summed E-state index contributed by atoms with van der Waals surface area (Å²) in [4.78, 5) is 31.1. The zero-order valence-electron chi connectivity index (χ0n) is 21.1. The second-order valence-electron chi connectivity index (χ2n) is 8.94. The number of aromatic nitrogens is 1. The molecule has 7 nitrogen and oxygen atoms in total. The van der Waals surface area contributed by atoms with Crippen LogP contribution >= 0.6 is 24.0 Å².